The zero-order valence-electron chi connectivity index (χ0n) is 11.7. The van der Waals surface area contributed by atoms with Crippen LogP contribution in [-0.2, 0) is 4.79 Å². The van der Waals surface area contributed by atoms with E-state index in [1.165, 1.54) is 0 Å². The summed E-state index contributed by atoms with van der Waals surface area (Å²) in [5.41, 5.74) is 1.31. The van der Waals surface area contributed by atoms with E-state index >= 15 is 0 Å². The highest BCUT2D eigenvalue weighted by atomic mass is 79.9. The van der Waals surface area contributed by atoms with Crippen molar-refractivity contribution in [1.29, 1.82) is 0 Å². The molecule has 2 amide bonds. The second-order valence-corrected chi connectivity index (χ2v) is 7.33. The number of thiocarbonyl (C=S) groups is 1. The lowest BCUT2D eigenvalue weighted by Gasteiger charge is -2.12. The minimum Gasteiger partial charge on any atom is -0.268 e. The fraction of sp³-hybridized carbons (Fsp3) is 0. The van der Waals surface area contributed by atoms with E-state index in [1.807, 2.05) is 30.3 Å². The Morgan fingerprint density at radius 1 is 1.13 bits per heavy atom. The molecule has 0 spiro atoms. The number of rotatable bonds is 2. The van der Waals surface area contributed by atoms with Gasteiger partial charge in [0.2, 0.25) is 0 Å². The lowest BCUT2D eigenvalue weighted by Crippen LogP contribution is -2.34. The summed E-state index contributed by atoms with van der Waals surface area (Å²) in [5.74, 6) is -0.778. The summed E-state index contributed by atoms with van der Waals surface area (Å²) < 4.78 is 1.17. The molecule has 0 saturated carbocycles. The maximum atomic E-state index is 12.5. The minimum absolute atomic E-state index is 0.255. The topological polar surface area (TPSA) is 37.4 Å². The zero-order chi connectivity index (χ0) is 16.4. The predicted octanol–water partition coefficient (Wildman–Crippen LogP) is 4.49. The van der Waals surface area contributed by atoms with Crippen LogP contribution in [0.25, 0.3) is 6.08 Å². The van der Waals surface area contributed by atoms with E-state index in [0.717, 1.165) is 26.7 Å². The van der Waals surface area contributed by atoms with E-state index < -0.39 is 5.91 Å². The molecule has 3 rings (SSSR count). The highest BCUT2D eigenvalue weighted by Crippen LogP contribution is 2.33. The van der Waals surface area contributed by atoms with Crippen molar-refractivity contribution < 1.29 is 9.59 Å². The Morgan fingerprint density at radius 2 is 1.87 bits per heavy atom. The first-order chi connectivity index (χ1) is 11.1. The molecule has 0 N–H and O–H groups in total. The number of amides is 2. The quantitative estimate of drug-likeness (QED) is 0.420. The fourth-order valence-electron chi connectivity index (χ4n) is 2.10. The number of benzene rings is 2. The van der Waals surface area contributed by atoms with E-state index in [1.54, 1.807) is 30.3 Å². The molecule has 2 aromatic carbocycles. The van der Waals surface area contributed by atoms with Crippen LogP contribution in [0, 0.1) is 0 Å². The molecule has 6 heteroatoms. The molecule has 0 bridgehead atoms. The van der Waals surface area contributed by atoms with E-state index in [4.69, 9.17) is 12.2 Å². The molecule has 0 aliphatic carbocycles. The summed E-state index contributed by atoms with van der Waals surface area (Å²) in [5, 5.41) is 0. The average Bonchev–Trinajstić information content (AvgIpc) is 2.81. The first-order valence-electron chi connectivity index (χ1n) is 6.69. The first-order valence-corrected chi connectivity index (χ1v) is 8.71. The summed E-state index contributed by atoms with van der Waals surface area (Å²) in [4.78, 5) is 26.5. The van der Waals surface area contributed by atoms with Gasteiger partial charge < -0.3 is 0 Å². The number of hydrogen-bond donors (Lipinski definition) is 0. The Kier molecular flexibility index (Phi) is 4.75. The van der Waals surface area contributed by atoms with Gasteiger partial charge in [-0.2, -0.15) is 0 Å². The van der Waals surface area contributed by atoms with E-state index in [9.17, 15) is 9.59 Å². The Hall–Kier alpha value is -1.76. The van der Waals surface area contributed by atoms with Gasteiger partial charge >= 0.3 is 0 Å². The van der Waals surface area contributed by atoms with Gasteiger partial charge in [-0.05, 0) is 35.9 Å². The summed E-state index contributed by atoms with van der Waals surface area (Å²) in [6.45, 7) is 0. The normalized spacial score (nSPS) is 16.2. The standard InChI is InChI=1S/C17H10BrNO2S2/c18-13-8-4-5-11(9-13)10-14-16(21)19(17(22)23-14)15(20)12-6-2-1-3-7-12/h1-10H. The lowest BCUT2D eigenvalue weighted by molar-refractivity contribution is -0.120. The SMILES string of the molecule is O=C1C(=Cc2cccc(Br)c2)SC(=S)N1C(=O)c1ccccc1. The largest absolute Gasteiger partial charge is 0.273 e. The molecule has 3 nitrogen and oxygen atoms in total. The van der Waals surface area contributed by atoms with Gasteiger partial charge in [0.1, 0.15) is 0 Å². The molecule has 0 aromatic heterocycles. The van der Waals surface area contributed by atoms with Crippen molar-refractivity contribution in [2.45, 2.75) is 0 Å². The first kappa shape index (κ1) is 16.1. The Morgan fingerprint density at radius 3 is 2.57 bits per heavy atom. The molecule has 2 aromatic rings. The van der Waals surface area contributed by atoms with Gasteiger partial charge in [-0.25, -0.2) is 4.90 Å². The van der Waals surface area contributed by atoms with Crippen molar-refractivity contribution in [2.75, 3.05) is 0 Å². The van der Waals surface area contributed by atoms with Crippen LogP contribution >= 0.6 is 39.9 Å². The molecule has 1 aliphatic rings. The monoisotopic (exact) mass is 403 g/mol. The summed E-state index contributed by atoms with van der Waals surface area (Å²) in [6.07, 6.45) is 1.74. The number of nitrogens with zero attached hydrogens (tertiary/aromatic N) is 1. The predicted molar refractivity (Wildman–Crippen MR) is 99.9 cm³/mol. The maximum Gasteiger partial charge on any atom is 0.273 e. The number of carbonyl (C=O) groups excluding carboxylic acids is 2. The van der Waals surface area contributed by atoms with E-state index in [-0.39, 0.29) is 10.2 Å². The van der Waals surface area contributed by atoms with Crippen molar-refractivity contribution >= 4 is 62.1 Å². The summed E-state index contributed by atoms with van der Waals surface area (Å²) in [7, 11) is 0. The van der Waals surface area contributed by atoms with E-state index in [2.05, 4.69) is 15.9 Å². The van der Waals surface area contributed by atoms with Gasteiger partial charge in [0.15, 0.2) is 4.32 Å². The molecule has 0 unspecified atom stereocenters. The van der Waals surface area contributed by atoms with Crippen LogP contribution in [0.15, 0.2) is 64.0 Å². The molecule has 0 atom stereocenters. The molecule has 1 heterocycles. The van der Waals surface area contributed by atoms with Crippen LogP contribution in [0.2, 0.25) is 0 Å². The van der Waals surface area contributed by atoms with Crippen LogP contribution in [0.1, 0.15) is 15.9 Å². The van der Waals surface area contributed by atoms with Crippen molar-refractivity contribution in [1.82, 2.24) is 4.90 Å². The molecule has 1 fully saturated rings. The van der Waals surface area contributed by atoms with Gasteiger partial charge in [0, 0.05) is 10.0 Å². The number of thioether (sulfide) groups is 1. The van der Waals surface area contributed by atoms with Crippen molar-refractivity contribution in [3.8, 4) is 0 Å². The molecular weight excluding hydrogens is 394 g/mol. The third-order valence-electron chi connectivity index (χ3n) is 3.16. The molecule has 1 aliphatic heterocycles. The van der Waals surface area contributed by atoms with Crippen LogP contribution in [0.3, 0.4) is 0 Å². The Balaban J connectivity index is 1.90. The Labute approximate surface area is 151 Å². The molecule has 114 valence electrons. The molecular formula is C17H10BrNO2S2. The maximum absolute atomic E-state index is 12.5. The van der Waals surface area contributed by atoms with Gasteiger partial charge in [-0.15, -0.1) is 0 Å². The van der Waals surface area contributed by atoms with Gasteiger partial charge in [0.05, 0.1) is 4.91 Å². The second-order valence-electron chi connectivity index (χ2n) is 4.74. The highest BCUT2D eigenvalue weighted by Gasteiger charge is 2.37. The zero-order valence-corrected chi connectivity index (χ0v) is 15.0. The lowest BCUT2D eigenvalue weighted by atomic mass is 10.2. The fourth-order valence-corrected chi connectivity index (χ4v) is 3.77. The van der Waals surface area contributed by atoms with Crippen LogP contribution in [0.4, 0.5) is 0 Å². The third-order valence-corrected chi connectivity index (χ3v) is 4.96. The van der Waals surface area contributed by atoms with Crippen molar-refractivity contribution in [3.63, 3.8) is 0 Å². The number of halogens is 1. The van der Waals surface area contributed by atoms with Gasteiger partial charge in [0.25, 0.3) is 11.8 Å². The smallest absolute Gasteiger partial charge is 0.268 e. The number of hydrogen-bond acceptors (Lipinski definition) is 4. The number of carbonyl (C=O) groups is 2. The average molecular weight is 404 g/mol. The van der Waals surface area contributed by atoms with Crippen LogP contribution < -0.4 is 0 Å². The van der Waals surface area contributed by atoms with E-state index in [0.29, 0.717) is 10.5 Å². The molecule has 0 radical (unpaired) electrons. The van der Waals surface area contributed by atoms with Crippen LogP contribution in [-0.4, -0.2) is 21.0 Å². The summed E-state index contributed by atoms with van der Waals surface area (Å²) in [6, 6.07) is 16.2. The molecule has 23 heavy (non-hydrogen) atoms. The van der Waals surface area contributed by atoms with Crippen molar-refractivity contribution in [2.24, 2.45) is 0 Å². The third kappa shape index (κ3) is 3.44. The minimum atomic E-state index is -0.397. The second kappa shape index (κ2) is 6.78. The Bertz CT molecular complexity index is 833. The highest BCUT2D eigenvalue weighted by molar-refractivity contribution is 9.10. The van der Waals surface area contributed by atoms with Gasteiger partial charge in [-0.3, -0.25) is 9.59 Å². The van der Waals surface area contributed by atoms with Gasteiger partial charge in [-0.1, -0.05) is 70.2 Å². The summed E-state index contributed by atoms with van der Waals surface area (Å²) >= 11 is 9.74. The number of imide groups is 1. The molecule has 1 saturated heterocycles. The van der Waals surface area contributed by atoms with Crippen LogP contribution in [0.5, 0.6) is 0 Å². The van der Waals surface area contributed by atoms with Crippen molar-refractivity contribution in [3.05, 3.63) is 75.1 Å².